The molecule has 0 fully saturated rings. The monoisotopic (exact) mass is 359 g/mol. The van der Waals surface area contributed by atoms with Crippen molar-refractivity contribution in [1.82, 2.24) is 4.90 Å². The molecule has 0 saturated carbocycles. The van der Waals surface area contributed by atoms with Crippen LogP contribution in [-0.4, -0.2) is 42.2 Å². The summed E-state index contributed by atoms with van der Waals surface area (Å²) in [6.45, 7) is 6.77. The molecular formula is C15H22BrNO4. The van der Waals surface area contributed by atoms with E-state index in [0.717, 1.165) is 0 Å². The Labute approximate surface area is 134 Å². The number of amides is 1. The first-order chi connectivity index (χ1) is 9.98. The molecule has 1 N–H and O–H groups in total. The molecule has 1 unspecified atom stereocenters. The van der Waals surface area contributed by atoms with E-state index in [4.69, 9.17) is 9.47 Å². The zero-order valence-corrected chi connectivity index (χ0v) is 14.4. The Morgan fingerprint density at radius 3 is 2.48 bits per heavy atom. The summed E-state index contributed by atoms with van der Waals surface area (Å²) in [5, 5.41) is 9.20. The van der Waals surface area contributed by atoms with Gasteiger partial charge in [-0.25, -0.2) is 0 Å². The third-order valence-electron chi connectivity index (χ3n) is 3.19. The van der Waals surface area contributed by atoms with Crippen LogP contribution in [-0.2, 0) is 11.4 Å². The highest BCUT2D eigenvalue weighted by Gasteiger charge is 2.22. The van der Waals surface area contributed by atoms with Gasteiger partial charge in [0, 0.05) is 13.1 Å². The molecule has 0 bridgehead atoms. The summed E-state index contributed by atoms with van der Waals surface area (Å²) in [4.78, 5) is 14.0. The molecule has 1 aromatic carbocycles. The second-order valence-electron chi connectivity index (χ2n) is 4.54. The quantitative estimate of drug-likeness (QED) is 0.812. The molecule has 0 saturated heterocycles. The standard InChI is InChI=1S/C15H22BrNO4/c1-5-17(6-2)15(19)10(3)21-14-12(16)7-11(9-18)8-13(14)20-4/h7-8,10,18H,5-6,9H2,1-4H3. The molecular weight excluding hydrogens is 338 g/mol. The van der Waals surface area contributed by atoms with E-state index < -0.39 is 6.10 Å². The van der Waals surface area contributed by atoms with Crippen molar-refractivity contribution in [3.63, 3.8) is 0 Å². The highest BCUT2D eigenvalue weighted by atomic mass is 79.9. The van der Waals surface area contributed by atoms with Crippen molar-refractivity contribution >= 4 is 21.8 Å². The zero-order chi connectivity index (χ0) is 16.0. The van der Waals surface area contributed by atoms with E-state index in [0.29, 0.717) is 34.6 Å². The molecule has 118 valence electrons. The van der Waals surface area contributed by atoms with Crippen molar-refractivity contribution in [3.05, 3.63) is 22.2 Å². The number of carbonyl (C=O) groups is 1. The average molecular weight is 360 g/mol. The van der Waals surface area contributed by atoms with Crippen molar-refractivity contribution in [2.45, 2.75) is 33.5 Å². The Hall–Kier alpha value is -1.27. The molecule has 5 nitrogen and oxygen atoms in total. The van der Waals surface area contributed by atoms with E-state index in [1.807, 2.05) is 13.8 Å². The first-order valence-corrected chi connectivity index (χ1v) is 7.70. The SMILES string of the molecule is CCN(CC)C(=O)C(C)Oc1c(Br)cc(CO)cc1OC. The van der Waals surface area contributed by atoms with E-state index in [-0.39, 0.29) is 12.5 Å². The maximum Gasteiger partial charge on any atom is 0.263 e. The van der Waals surface area contributed by atoms with Crippen molar-refractivity contribution < 1.29 is 19.4 Å². The van der Waals surface area contributed by atoms with Crippen LogP contribution in [0, 0.1) is 0 Å². The van der Waals surface area contributed by atoms with E-state index in [2.05, 4.69) is 15.9 Å². The van der Waals surface area contributed by atoms with Crippen LogP contribution in [0.3, 0.4) is 0 Å². The van der Waals surface area contributed by atoms with Gasteiger partial charge in [-0.15, -0.1) is 0 Å². The summed E-state index contributed by atoms with van der Waals surface area (Å²) in [5.74, 6) is 0.871. The predicted molar refractivity (Wildman–Crippen MR) is 84.6 cm³/mol. The molecule has 0 spiro atoms. The van der Waals surface area contributed by atoms with Gasteiger partial charge in [0.15, 0.2) is 17.6 Å². The number of hydrogen-bond acceptors (Lipinski definition) is 4. The van der Waals surface area contributed by atoms with Gasteiger partial charge in [0.25, 0.3) is 5.91 Å². The van der Waals surface area contributed by atoms with Crippen molar-refractivity contribution in [3.8, 4) is 11.5 Å². The first kappa shape index (κ1) is 17.8. The summed E-state index contributed by atoms with van der Waals surface area (Å²) in [5.41, 5.74) is 0.703. The highest BCUT2D eigenvalue weighted by Crippen LogP contribution is 2.37. The van der Waals surface area contributed by atoms with E-state index in [1.165, 1.54) is 7.11 Å². The Kier molecular flexibility index (Phi) is 6.98. The molecule has 1 atom stereocenters. The zero-order valence-electron chi connectivity index (χ0n) is 12.9. The summed E-state index contributed by atoms with van der Waals surface area (Å²) in [6, 6.07) is 3.43. The summed E-state index contributed by atoms with van der Waals surface area (Å²) < 4.78 is 11.7. The molecule has 0 aliphatic rings. The molecule has 0 aliphatic carbocycles. The number of halogens is 1. The lowest BCUT2D eigenvalue weighted by Gasteiger charge is -2.24. The number of hydrogen-bond donors (Lipinski definition) is 1. The van der Waals surface area contributed by atoms with Crippen LogP contribution in [0.4, 0.5) is 0 Å². The normalized spacial score (nSPS) is 11.9. The topological polar surface area (TPSA) is 59.0 Å². The fourth-order valence-corrected chi connectivity index (χ4v) is 2.58. The second-order valence-corrected chi connectivity index (χ2v) is 5.39. The minimum Gasteiger partial charge on any atom is -0.493 e. The van der Waals surface area contributed by atoms with Gasteiger partial charge in [0.1, 0.15) is 0 Å². The smallest absolute Gasteiger partial charge is 0.263 e. The fourth-order valence-electron chi connectivity index (χ4n) is 2.00. The number of aliphatic hydroxyl groups excluding tert-OH is 1. The van der Waals surface area contributed by atoms with Crippen LogP contribution in [0.15, 0.2) is 16.6 Å². The van der Waals surface area contributed by atoms with Crippen molar-refractivity contribution in [2.75, 3.05) is 20.2 Å². The largest absolute Gasteiger partial charge is 0.493 e. The highest BCUT2D eigenvalue weighted by molar-refractivity contribution is 9.10. The molecule has 0 aromatic heterocycles. The minimum atomic E-state index is -0.616. The van der Waals surface area contributed by atoms with Crippen molar-refractivity contribution in [1.29, 1.82) is 0 Å². The number of nitrogens with zero attached hydrogens (tertiary/aromatic N) is 1. The molecule has 0 heterocycles. The fraction of sp³-hybridized carbons (Fsp3) is 0.533. The van der Waals surface area contributed by atoms with E-state index in [1.54, 1.807) is 24.0 Å². The Bertz CT molecular complexity index is 489. The molecule has 6 heteroatoms. The maximum absolute atomic E-state index is 12.2. The lowest BCUT2D eigenvalue weighted by Crippen LogP contribution is -2.40. The molecule has 21 heavy (non-hydrogen) atoms. The Morgan fingerprint density at radius 2 is 2.00 bits per heavy atom. The molecule has 1 amide bonds. The van der Waals surface area contributed by atoms with Crippen molar-refractivity contribution in [2.24, 2.45) is 0 Å². The minimum absolute atomic E-state index is 0.0693. The van der Waals surface area contributed by atoms with Crippen LogP contribution < -0.4 is 9.47 Å². The maximum atomic E-state index is 12.2. The third kappa shape index (κ3) is 4.35. The number of carbonyl (C=O) groups excluding carboxylic acids is 1. The molecule has 0 aliphatic heterocycles. The number of ether oxygens (including phenoxy) is 2. The summed E-state index contributed by atoms with van der Waals surface area (Å²) >= 11 is 3.39. The van der Waals surface area contributed by atoms with Crippen LogP contribution in [0.2, 0.25) is 0 Å². The second kappa shape index (κ2) is 8.24. The van der Waals surface area contributed by atoms with E-state index in [9.17, 15) is 9.90 Å². The van der Waals surface area contributed by atoms with Gasteiger partial charge >= 0.3 is 0 Å². The van der Waals surface area contributed by atoms with Gasteiger partial charge in [-0.1, -0.05) is 0 Å². The van der Waals surface area contributed by atoms with E-state index >= 15 is 0 Å². The number of benzene rings is 1. The lowest BCUT2D eigenvalue weighted by molar-refractivity contribution is -0.137. The third-order valence-corrected chi connectivity index (χ3v) is 3.78. The number of aliphatic hydroxyl groups is 1. The Balaban J connectivity index is 2.99. The number of rotatable bonds is 7. The summed E-state index contributed by atoms with van der Waals surface area (Å²) in [6.07, 6.45) is -0.616. The van der Waals surface area contributed by atoms with Crippen LogP contribution in [0.5, 0.6) is 11.5 Å². The van der Waals surface area contributed by atoms with Gasteiger partial charge in [-0.05, 0) is 54.4 Å². The van der Waals surface area contributed by atoms with Gasteiger partial charge in [0.2, 0.25) is 0 Å². The predicted octanol–water partition coefficient (Wildman–Crippen LogP) is 2.59. The van der Waals surface area contributed by atoms with Gasteiger partial charge in [-0.2, -0.15) is 0 Å². The lowest BCUT2D eigenvalue weighted by atomic mass is 10.2. The van der Waals surface area contributed by atoms with Gasteiger partial charge in [-0.3, -0.25) is 4.79 Å². The average Bonchev–Trinajstić information content (AvgIpc) is 2.49. The number of likely N-dealkylation sites (N-methyl/N-ethyl adjacent to an activating group) is 1. The molecule has 1 aromatic rings. The van der Waals surface area contributed by atoms with Gasteiger partial charge < -0.3 is 19.5 Å². The van der Waals surface area contributed by atoms with Crippen LogP contribution in [0.1, 0.15) is 26.3 Å². The first-order valence-electron chi connectivity index (χ1n) is 6.91. The van der Waals surface area contributed by atoms with Crippen LogP contribution >= 0.6 is 15.9 Å². The number of methoxy groups -OCH3 is 1. The summed E-state index contributed by atoms with van der Waals surface area (Å²) in [7, 11) is 1.52. The van der Waals surface area contributed by atoms with Gasteiger partial charge in [0.05, 0.1) is 18.2 Å². The van der Waals surface area contributed by atoms with Crippen LogP contribution in [0.25, 0.3) is 0 Å². The Morgan fingerprint density at radius 1 is 1.38 bits per heavy atom. The molecule has 0 radical (unpaired) electrons. The molecule has 1 rings (SSSR count).